The van der Waals surface area contributed by atoms with Crippen LogP contribution in [0.15, 0.2) is 35.7 Å². The molecular formula is C20H22N2O2S. The number of para-hydroxylation sites is 1. The number of fused-ring (bicyclic) bond motifs is 2. The van der Waals surface area contributed by atoms with E-state index >= 15 is 0 Å². The van der Waals surface area contributed by atoms with Gasteiger partial charge >= 0.3 is 0 Å². The summed E-state index contributed by atoms with van der Waals surface area (Å²) in [6, 6.07) is 10.2. The number of hydrogen-bond acceptors (Lipinski definition) is 4. The Labute approximate surface area is 152 Å². The fourth-order valence-corrected chi connectivity index (χ4v) is 5.10. The molecule has 0 N–H and O–H groups in total. The Hall–Kier alpha value is -1.98. The topological polar surface area (TPSA) is 40.6 Å². The van der Waals surface area contributed by atoms with E-state index in [1.807, 2.05) is 36.2 Å². The fourth-order valence-electron chi connectivity index (χ4n) is 4.29. The highest BCUT2D eigenvalue weighted by molar-refractivity contribution is 7.12. The van der Waals surface area contributed by atoms with E-state index < -0.39 is 5.41 Å². The third-order valence-electron chi connectivity index (χ3n) is 5.47. The number of Topliss-reactive ketones (excluding diaryl/α,β-unsaturated/α-hetero) is 1. The molecule has 3 heterocycles. The Kier molecular flexibility index (Phi) is 4.01. The van der Waals surface area contributed by atoms with Crippen molar-refractivity contribution in [1.82, 2.24) is 4.90 Å². The molecule has 1 saturated heterocycles. The minimum absolute atomic E-state index is 0.118. The molecule has 1 amide bonds. The second-order valence-corrected chi connectivity index (χ2v) is 8.06. The first-order valence-electron chi connectivity index (χ1n) is 8.70. The summed E-state index contributed by atoms with van der Waals surface area (Å²) in [4.78, 5) is 29.6. The van der Waals surface area contributed by atoms with E-state index in [1.165, 1.54) is 22.5 Å². The third-order valence-corrected chi connectivity index (χ3v) is 6.55. The largest absolute Gasteiger partial charge is 0.314 e. The van der Waals surface area contributed by atoms with Gasteiger partial charge in [0, 0.05) is 25.8 Å². The number of carbonyl (C=O) groups excluding carboxylic acids is 2. The van der Waals surface area contributed by atoms with Crippen LogP contribution in [0.5, 0.6) is 0 Å². The summed E-state index contributed by atoms with van der Waals surface area (Å²) in [5.74, 6) is 0.334. The van der Waals surface area contributed by atoms with Crippen molar-refractivity contribution in [3.05, 3.63) is 51.7 Å². The third kappa shape index (κ3) is 2.62. The molecule has 1 spiro atoms. The molecule has 1 fully saturated rings. The van der Waals surface area contributed by atoms with Gasteiger partial charge in [-0.25, -0.2) is 0 Å². The van der Waals surface area contributed by atoms with Gasteiger partial charge in [0.1, 0.15) is 0 Å². The lowest BCUT2D eigenvalue weighted by Crippen LogP contribution is -2.51. The predicted molar refractivity (Wildman–Crippen MR) is 100 cm³/mol. The highest BCUT2D eigenvalue weighted by atomic mass is 32.1. The van der Waals surface area contributed by atoms with Gasteiger partial charge in [-0.3, -0.25) is 14.5 Å². The van der Waals surface area contributed by atoms with E-state index in [0.717, 1.165) is 43.0 Å². The summed E-state index contributed by atoms with van der Waals surface area (Å²) < 4.78 is 0. The summed E-state index contributed by atoms with van der Waals surface area (Å²) in [6.45, 7) is 4.14. The molecule has 4 rings (SSSR count). The highest BCUT2D eigenvalue weighted by Crippen LogP contribution is 2.46. The van der Waals surface area contributed by atoms with Crippen LogP contribution in [-0.4, -0.2) is 36.7 Å². The molecule has 0 saturated carbocycles. The molecule has 1 atom stereocenters. The normalized spacial score (nSPS) is 23.3. The monoisotopic (exact) mass is 354 g/mol. The molecule has 2 aliphatic rings. The minimum atomic E-state index is -0.414. The van der Waals surface area contributed by atoms with Crippen molar-refractivity contribution in [2.45, 2.75) is 31.7 Å². The SMILES string of the molecule is CC(=O)c1cc(CN2CCC[C@]3(C2)C(=O)N(C)c2ccccc23)cs1. The number of benzene rings is 1. The van der Waals surface area contributed by atoms with Gasteiger partial charge in [-0.05, 0) is 54.9 Å². The maximum absolute atomic E-state index is 13.1. The van der Waals surface area contributed by atoms with Crippen molar-refractivity contribution in [3.63, 3.8) is 0 Å². The number of thiophene rings is 1. The molecule has 1 aromatic carbocycles. The van der Waals surface area contributed by atoms with Crippen LogP contribution in [0, 0.1) is 0 Å². The van der Waals surface area contributed by atoms with Gasteiger partial charge in [-0.1, -0.05) is 18.2 Å². The second kappa shape index (κ2) is 6.07. The van der Waals surface area contributed by atoms with Gasteiger partial charge in [-0.15, -0.1) is 11.3 Å². The van der Waals surface area contributed by atoms with E-state index in [4.69, 9.17) is 0 Å². The Morgan fingerprint density at radius 2 is 2.12 bits per heavy atom. The highest BCUT2D eigenvalue weighted by Gasteiger charge is 2.51. The minimum Gasteiger partial charge on any atom is -0.314 e. The maximum Gasteiger partial charge on any atom is 0.238 e. The number of hydrogen-bond donors (Lipinski definition) is 0. The van der Waals surface area contributed by atoms with Crippen molar-refractivity contribution in [1.29, 1.82) is 0 Å². The van der Waals surface area contributed by atoms with Gasteiger partial charge in [0.05, 0.1) is 10.3 Å². The number of nitrogens with zero attached hydrogens (tertiary/aromatic N) is 2. The van der Waals surface area contributed by atoms with Gasteiger partial charge in [0.2, 0.25) is 5.91 Å². The number of ketones is 1. The first-order chi connectivity index (χ1) is 12.0. The molecule has 5 heteroatoms. The van der Waals surface area contributed by atoms with Crippen LogP contribution in [0.2, 0.25) is 0 Å². The summed E-state index contributed by atoms with van der Waals surface area (Å²) in [7, 11) is 1.88. The predicted octanol–water partition coefficient (Wildman–Crippen LogP) is 3.46. The van der Waals surface area contributed by atoms with E-state index in [9.17, 15) is 9.59 Å². The molecule has 130 valence electrons. The van der Waals surface area contributed by atoms with Crippen LogP contribution in [0.25, 0.3) is 0 Å². The van der Waals surface area contributed by atoms with Crippen molar-refractivity contribution >= 4 is 28.7 Å². The zero-order valence-corrected chi connectivity index (χ0v) is 15.4. The number of anilines is 1. The molecule has 2 aromatic rings. The van der Waals surface area contributed by atoms with Crippen molar-refractivity contribution in [2.75, 3.05) is 25.0 Å². The molecule has 0 unspecified atom stereocenters. The van der Waals surface area contributed by atoms with Gasteiger partial charge in [0.15, 0.2) is 5.78 Å². The fraction of sp³-hybridized carbons (Fsp3) is 0.400. The van der Waals surface area contributed by atoms with E-state index in [-0.39, 0.29) is 11.7 Å². The maximum atomic E-state index is 13.1. The lowest BCUT2D eigenvalue weighted by atomic mass is 9.75. The number of rotatable bonds is 3. The molecule has 1 aromatic heterocycles. The first kappa shape index (κ1) is 16.5. The van der Waals surface area contributed by atoms with Crippen LogP contribution in [0.1, 0.15) is 40.6 Å². The first-order valence-corrected chi connectivity index (χ1v) is 9.57. The Morgan fingerprint density at radius 1 is 1.32 bits per heavy atom. The Morgan fingerprint density at radius 3 is 2.88 bits per heavy atom. The van der Waals surface area contributed by atoms with Crippen molar-refractivity contribution in [2.24, 2.45) is 0 Å². The number of piperidine rings is 1. The number of likely N-dealkylation sites (tertiary alicyclic amines) is 1. The molecule has 25 heavy (non-hydrogen) atoms. The van der Waals surface area contributed by atoms with Gasteiger partial charge < -0.3 is 4.90 Å². The molecule has 0 bridgehead atoms. The summed E-state index contributed by atoms with van der Waals surface area (Å²) >= 11 is 1.51. The van der Waals surface area contributed by atoms with E-state index in [0.29, 0.717) is 0 Å². The second-order valence-electron chi connectivity index (χ2n) is 7.15. The summed E-state index contributed by atoms with van der Waals surface area (Å²) in [5.41, 5.74) is 2.97. The van der Waals surface area contributed by atoms with Crippen LogP contribution < -0.4 is 4.90 Å². The number of amides is 1. The van der Waals surface area contributed by atoms with Gasteiger partial charge in [0.25, 0.3) is 0 Å². The molecule has 2 aliphatic heterocycles. The lowest BCUT2D eigenvalue weighted by Gasteiger charge is -2.39. The number of carbonyl (C=O) groups is 2. The van der Waals surface area contributed by atoms with Crippen molar-refractivity contribution in [3.8, 4) is 0 Å². The smallest absolute Gasteiger partial charge is 0.238 e. The molecule has 4 nitrogen and oxygen atoms in total. The van der Waals surface area contributed by atoms with Gasteiger partial charge in [-0.2, -0.15) is 0 Å². The molecular weight excluding hydrogens is 332 g/mol. The van der Waals surface area contributed by atoms with Crippen LogP contribution >= 0.6 is 11.3 Å². The lowest BCUT2D eigenvalue weighted by molar-refractivity contribution is -0.125. The number of likely N-dealkylation sites (N-methyl/N-ethyl adjacent to an activating group) is 1. The van der Waals surface area contributed by atoms with Crippen LogP contribution in [0.3, 0.4) is 0 Å². The zero-order valence-electron chi connectivity index (χ0n) is 14.6. The van der Waals surface area contributed by atoms with E-state index in [1.54, 1.807) is 6.92 Å². The zero-order chi connectivity index (χ0) is 17.6. The summed E-state index contributed by atoms with van der Waals surface area (Å²) in [5, 5.41) is 2.06. The van der Waals surface area contributed by atoms with Crippen LogP contribution in [-0.2, 0) is 16.8 Å². The van der Waals surface area contributed by atoms with Crippen molar-refractivity contribution < 1.29 is 9.59 Å². The molecule has 0 aliphatic carbocycles. The standard InChI is InChI=1S/C20H22N2O2S/c1-14(23)18-10-15(12-25-18)11-22-9-5-8-20(13-22)16-6-3-4-7-17(16)21(2)19(20)24/h3-4,6-7,10,12H,5,8-9,11,13H2,1-2H3/t20-/m1/s1. The average molecular weight is 354 g/mol. The summed E-state index contributed by atoms with van der Waals surface area (Å²) in [6.07, 6.45) is 1.92. The average Bonchev–Trinajstić information content (AvgIpc) is 3.15. The Bertz CT molecular complexity index is 844. The van der Waals surface area contributed by atoms with Crippen LogP contribution in [0.4, 0.5) is 5.69 Å². The van der Waals surface area contributed by atoms with E-state index in [2.05, 4.69) is 16.3 Å². The Balaban J connectivity index is 1.60. The molecule has 0 radical (unpaired) electrons. The quantitative estimate of drug-likeness (QED) is 0.793.